The highest BCUT2D eigenvalue weighted by Crippen LogP contribution is 2.16. The molecule has 0 saturated heterocycles. The third kappa shape index (κ3) is 41.6. The van der Waals surface area contributed by atoms with Gasteiger partial charge < -0.3 is 25.7 Å². The minimum atomic E-state index is -1.30. The topological polar surface area (TPSA) is 110 Å². The van der Waals surface area contributed by atoms with Crippen molar-refractivity contribution in [3.8, 4) is 0 Å². The number of nitrogens with one attached hydrogen (secondary N) is 1. The maximum absolute atomic E-state index is 12.6. The molecule has 0 spiro atoms. The van der Waals surface area contributed by atoms with Gasteiger partial charge in [-0.3, -0.25) is 4.79 Å². The van der Waals surface area contributed by atoms with Crippen LogP contribution in [0.1, 0.15) is 258 Å². The van der Waals surface area contributed by atoms with Crippen molar-refractivity contribution in [2.75, 3.05) is 6.61 Å². The normalized spacial score (nSPS) is 14.3. The molecular weight excluding hydrogens is 743 g/mol. The molecule has 352 valence electrons. The van der Waals surface area contributed by atoms with Crippen molar-refractivity contribution in [2.24, 2.45) is 0 Å². The minimum absolute atomic E-state index is 0.353. The van der Waals surface area contributed by atoms with Crippen LogP contribution in [0, 0.1) is 0 Å². The Bertz CT molecular complexity index is 993. The summed E-state index contributed by atoms with van der Waals surface area (Å²) in [5.41, 5.74) is 0. The predicted octanol–water partition coefficient (Wildman–Crippen LogP) is 14.6. The van der Waals surface area contributed by atoms with Gasteiger partial charge >= 0.3 is 0 Å². The molecule has 0 aliphatic carbocycles. The molecule has 0 heterocycles. The monoisotopic (exact) mass is 844 g/mol. The summed E-state index contributed by atoms with van der Waals surface area (Å²) in [5, 5.41) is 43.8. The molecule has 0 radical (unpaired) electrons. The van der Waals surface area contributed by atoms with E-state index in [0.29, 0.717) is 19.3 Å². The highest BCUT2D eigenvalue weighted by Gasteiger charge is 2.28. The average Bonchev–Trinajstić information content (AvgIpc) is 3.25. The van der Waals surface area contributed by atoms with E-state index < -0.39 is 36.9 Å². The molecule has 5 N–H and O–H groups in total. The molecule has 0 rings (SSSR count). The summed E-state index contributed by atoms with van der Waals surface area (Å²) >= 11 is 0. The lowest BCUT2D eigenvalue weighted by molar-refractivity contribution is -0.132. The smallest absolute Gasteiger partial charge is 0.249 e. The van der Waals surface area contributed by atoms with Crippen molar-refractivity contribution in [2.45, 2.75) is 282 Å². The Morgan fingerprint density at radius 1 is 0.400 bits per heavy atom. The third-order valence-electron chi connectivity index (χ3n) is 12.0. The number of allylic oxidation sites excluding steroid dienone is 8. The SMILES string of the molecule is CCCCCCCCCC/C=C/CC/C=C/CC/C=C/CCCC(O)C(O)C(CO)NC(=O)C(O)CCCCCCCCC/C=C\CCCCCCCCCCCCCC. The Morgan fingerprint density at radius 2 is 0.700 bits per heavy atom. The fraction of sp³-hybridized carbons (Fsp3) is 0.833. The van der Waals surface area contributed by atoms with E-state index in [-0.39, 0.29) is 0 Å². The van der Waals surface area contributed by atoms with Gasteiger partial charge in [-0.1, -0.05) is 217 Å². The van der Waals surface area contributed by atoms with Gasteiger partial charge in [-0.25, -0.2) is 0 Å². The molecule has 0 aromatic heterocycles. The molecule has 0 saturated carbocycles. The molecule has 0 fully saturated rings. The molecule has 0 aromatic rings. The van der Waals surface area contributed by atoms with Crippen molar-refractivity contribution in [3.63, 3.8) is 0 Å². The van der Waals surface area contributed by atoms with Gasteiger partial charge in [-0.05, 0) is 89.9 Å². The van der Waals surface area contributed by atoms with Gasteiger partial charge in [-0.15, -0.1) is 0 Å². The summed E-state index contributed by atoms with van der Waals surface area (Å²) in [6.07, 6.45) is 60.2. The Balaban J connectivity index is 3.76. The van der Waals surface area contributed by atoms with Gasteiger partial charge in [0.25, 0.3) is 0 Å². The second-order valence-electron chi connectivity index (χ2n) is 17.8. The summed E-state index contributed by atoms with van der Waals surface area (Å²) < 4.78 is 0. The summed E-state index contributed by atoms with van der Waals surface area (Å²) in [5.74, 6) is -0.602. The number of aliphatic hydroxyl groups excluding tert-OH is 4. The van der Waals surface area contributed by atoms with Gasteiger partial charge in [0.1, 0.15) is 12.2 Å². The first kappa shape index (κ1) is 58.3. The number of amides is 1. The molecule has 0 bridgehead atoms. The van der Waals surface area contributed by atoms with Crippen molar-refractivity contribution in [1.29, 1.82) is 0 Å². The lowest BCUT2D eigenvalue weighted by Crippen LogP contribution is -2.53. The van der Waals surface area contributed by atoms with E-state index in [2.05, 4.69) is 67.8 Å². The number of aliphatic hydroxyl groups is 4. The van der Waals surface area contributed by atoms with E-state index in [4.69, 9.17) is 0 Å². The first-order chi connectivity index (χ1) is 29.5. The predicted molar refractivity (Wildman–Crippen MR) is 260 cm³/mol. The van der Waals surface area contributed by atoms with E-state index in [0.717, 1.165) is 51.4 Å². The first-order valence-electron chi connectivity index (χ1n) is 26.0. The first-order valence-corrected chi connectivity index (χ1v) is 26.0. The van der Waals surface area contributed by atoms with Crippen LogP contribution in [-0.2, 0) is 4.79 Å². The van der Waals surface area contributed by atoms with Gasteiger partial charge in [-0.2, -0.15) is 0 Å². The van der Waals surface area contributed by atoms with E-state index in [1.807, 2.05) is 0 Å². The maximum Gasteiger partial charge on any atom is 0.249 e. The molecule has 60 heavy (non-hydrogen) atoms. The number of hydrogen-bond acceptors (Lipinski definition) is 5. The van der Waals surface area contributed by atoms with Crippen LogP contribution in [0.4, 0.5) is 0 Å². The molecule has 4 atom stereocenters. The zero-order valence-corrected chi connectivity index (χ0v) is 39.7. The second kappa shape index (κ2) is 48.3. The molecule has 0 aliphatic rings. The number of carbonyl (C=O) groups excluding carboxylic acids is 1. The van der Waals surface area contributed by atoms with Crippen LogP contribution >= 0.6 is 0 Å². The molecular formula is C54H101NO5. The molecule has 0 aromatic carbocycles. The molecule has 0 aliphatic heterocycles. The Hall–Kier alpha value is -1.73. The fourth-order valence-electron chi connectivity index (χ4n) is 7.84. The van der Waals surface area contributed by atoms with E-state index in [1.165, 1.54) is 173 Å². The van der Waals surface area contributed by atoms with E-state index >= 15 is 0 Å². The maximum atomic E-state index is 12.6. The molecule has 4 unspecified atom stereocenters. The van der Waals surface area contributed by atoms with Crippen LogP contribution in [0.25, 0.3) is 0 Å². The Labute approximate surface area is 372 Å². The number of hydrogen-bond donors (Lipinski definition) is 5. The third-order valence-corrected chi connectivity index (χ3v) is 12.0. The highest BCUT2D eigenvalue weighted by atomic mass is 16.3. The van der Waals surface area contributed by atoms with Crippen molar-refractivity contribution >= 4 is 5.91 Å². The number of rotatable bonds is 47. The standard InChI is InChI=1S/C54H101NO5/c1-3-5-7-9-11-13-15-17-19-21-23-25-26-28-30-32-34-36-38-40-42-44-46-48-52(58)54(60)55-50(49-56)53(59)51(57)47-45-43-41-39-37-35-33-31-29-27-24-22-20-18-16-14-12-10-8-6-4-2/h22,24,28,30-31,33,39,41,50-53,56-59H,3-21,23,25-27,29,32,34-38,40,42-49H2,1-2H3,(H,55,60)/b24-22+,30-28-,33-31+,41-39+. The zero-order valence-electron chi connectivity index (χ0n) is 39.7. The van der Waals surface area contributed by atoms with Crippen LogP contribution in [0.15, 0.2) is 48.6 Å². The van der Waals surface area contributed by atoms with Gasteiger partial charge in [0.2, 0.25) is 5.91 Å². The molecule has 6 heteroatoms. The van der Waals surface area contributed by atoms with Crippen molar-refractivity contribution in [3.05, 3.63) is 48.6 Å². The minimum Gasteiger partial charge on any atom is -0.394 e. The largest absolute Gasteiger partial charge is 0.394 e. The van der Waals surface area contributed by atoms with Crippen molar-refractivity contribution < 1.29 is 25.2 Å². The van der Waals surface area contributed by atoms with Gasteiger partial charge in [0.05, 0.1) is 18.8 Å². The quantitative estimate of drug-likeness (QED) is 0.0310. The Kier molecular flexibility index (Phi) is 46.9. The van der Waals surface area contributed by atoms with E-state index in [9.17, 15) is 25.2 Å². The van der Waals surface area contributed by atoms with Crippen LogP contribution in [-0.4, -0.2) is 57.3 Å². The van der Waals surface area contributed by atoms with Gasteiger partial charge in [0.15, 0.2) is 0 Å². The summed E-state index contributed by atoms with van der Waals surface area (Å²) in [7, 11) is 0. The fourth-order valence-corrected chi connectivity index (χ4v) is 7.84. The number of unbranched alkanes of at least 4 members (excludes halogenated alkanes) is 30. The van der Waals surface area contributed by atoms with E-state index in [1.54, 1.807) is 0 Å². The molecule has 6 nitrogen and oxygen atoms in total. The number of carbonyl (C=O) groups is 1. The van der Waals surface area contributed by atoms with Crippen LogP contribution in [0.5, 0.6) is 0 Å². The zero-order chi connectivity index (χ0) is 43.8. The Morgan fingerprint density at radius 3 is 1.05 bits per heavy atom. The van der Waals surface area contributed by atoms with Gasteiger partial charge in [0, 0.05) is 0 Å². The summed E-state index contributed by atoms with van der Waals surface area (Å²) in [6, 6.07) is -1.01. The highest BCUT2D eigenvalue weighted by molar-refractivity contribution is 5.80. The second-order valence-corrected chi connectivity index (χ2v) is 17.8. The summed E-state index contributed by atoms with van der Waals surface area (Å²) in [6.45, 7) is 4.05. The van der Waals surface area contributed by atoms with Crippen molar-refractivity contribution in [1.82, 2.24) is 5.32 Å². The molecule has 1 amide bonds. The van der Waals surface area contributed by atoms with Crippen LogP contribution < -0.4 is 5.32 Å². The van der Waals surface area contributed by atoms with Crippen LogP contribution in [0.2, 0.25) is 0 Å². The summed E-state index contributed by atoms with van der Waals surface area (Å²) in [4.78, 5) is 12.6. The lowest BCUT2D eigenvalue weighted by Gasteiger charge is -2.27. The average molecular weight is 844 g/mol. The lowest BCUT2D eigenvalue weighted by atomic mass is 10.00. The van der Waals surface area contributed by atoms with Crippen LogP contribution in [0.3, 0.4) is 0 Å².